The quantitative estimate of drug-likeness (QED) is 0.775. The molecule has 1 saturated heterocycles. The monoisotopic (exact) mass is 236 g/mol. The summed E-state index contributed by atoms with van der Waals surface area (Å²) in [6, 6.07) is 0. The highest BCUT2D eigenvalue weighted by Gasteiger charge is 2.30. The Balaban J connectivity index is 0.00000196. The Kier molecular flexibility index (Phi) is 5.55. The zero-order valence-corrected chi connectivity index (χ0v) is 10.9. The number of aliphatic hydroxyl groups is 1. The van der Waals surface area contributed by atoms with Crippen LogP contribution < -0.4 is 5.73 Å². The molecule has 0 bridgehead atoms. The van der Waals surface area contributed by atoms with Crippen LogP contribution in [-0.4, -0.2) is 41.8 Å². The molecule has 0 aromatic carbocycles. The van der Waals surface area contributed by atoms with E-state index in [1.54, 1.807) is 0 Å². The first-order valence-electron chi connectivity index (χ1n) is 5.47. The van der Waals surface area contributed by atoms with Crippen molar-refractivity contribution in [2.45, 2.75) is 39.2 Å². The molecule has 1 aliphatic heterocycles. The van der Waals surface area contributed by atoms with Crippen LogP contribution in [0.15, 0.2) is 0 Å². The van der Waals surface area contributed by atoms with Gasteiger partial charge in [0, 0.05) is 18.7 Å². The molecule has 0 amide bonds. The number of hydrogen-bond donors (Lipinski definition) is 2. The van der Waals surface area contributed by atoms with E-state index < -0.39 is 0 Å². The summed E-state index contributed by atoms with van der Waals surface area (Å²) in [4.78, 5) is 2.40. The van der Waals surface area contributed by atoms with Gasteiger partial charge in [-0.1, -0.05) is 6.92 Å². The van der Waals surface area contributed by atoms with Crippen LogP contribution in [0.25, 0.3) is 0 Å². The fourth-order valence-electron chi connectivity index (χ4n) is 1.99. The van der Waals surface area contributed by atoms with Crippen LogP contribution in [-0.2, 0) is 0 Å². The Morgan fingerprint density at radius 1 is 1.33 bits per heavy atom. The normalized spacial score (nSPS) is 22.2. The van der Waals surface area contributed by atoms with Crippen LogP contribution in [0.1, 0.15) is 33.6 Å². The molecule has 15 heavy (non-hydrogen) atoms. The molecule has 0 aromatic rings. The number of nitrogens with two attached hydrogens (primary N) is 1. The van der Waals surface area contributed by atoms with Gasteiger partial charge in [-0.25, -0.2) is 0 Å². The minimum absolute atomic E-state index is 0. The predicted octanol–water partition coefficient (Wildman–Crippen LogP) is 1.24. The summed E-state index contributed by atoms with van der Waals surface area (Å²) in [6.07, 6.45) is 2.17. The molecular formula is C11H25ClN2O. The second-order valence-corrected chi connectivity index (χ2v) is 5.73. The Bertz CT molecular complexity index is 184. The van der Waals surface area contributed by atoms with Crippen molar-refractivity contribution in [1.29, 1.82) is 0 Å². The van der Waals surface area contributed by atoms with Gasteiger partial charge < -0.3 is 15.7 Å². The highest BCUT2D eigenvalue weighted by molar-refractivity contribution is 5.85. The molecule has 0 radical (unpaired) electrons. The molecule has 0 aromatic heterocycles. The first kappa shape index (κ1) is 15.2. The Morgan fingerprint density at radius 2 is 1.80 bits per heavy atom. The molecule has 0 saturated carbocycles. The summed E-state index contributed by atoms with van der Waals surface area (Å²) in [5.74, 6) is 0. The van der Waals surface area contributed by atoms with Gasteiger partial charge in [0.05, 0.1) is 0 Å². The average Bonchev–Trinajstić information content (AvgIpc) is 2.07. The Labute approximate surface area is 99.4 Å². The van der Waals surface area contributed by atoms with Gasteiger partial charge >= 0.3 is 0 Å². The van der Waals surface area contributed by atoms with Crippen molar-refractivity contribution in [1.82, 2.24) is 4.90 Å². The smallest absolute Gasteiger partial charge is 0.0485 e. The summed E-state index contributed by atoms with van der Waals surface area (Å²) in [6.45, 7) is 9.69. The van der Waals surface area contributed by atoms with E-state index in [0.29, 0.717) is 6.61 Å². The van der Waals surface area contributed by atoms with Crippen LogP contribution in [0.5, 0.6) is 0 Å². The van der Waals surface area contributed by atoms with Gasteiger partial charge in [-0.15, -0.1) is 12.4 Å². The van der Waals surface area contributed by atoms with Crippen molar-refractivity contribution in [2.24, 2.45) is 11.1 Å². The molecule has 3 nitrogen and oxygen atoms in total. The Hall–Kier alpha value is 0.170. The number of hydrogen-bond acceptors (Lipinski definition) is 3. The predicted molar refractivity (Wildman–Crippen MR) is 66.4 cm³/mol. The van der Waals surface area contributed by atoms with Gasteiger partial charge in [0.2, 0.25) is 0 Å². The lowest BCUT2D eigenvalue weighted by Crippen LogP contribution is -2.49. The highest BCUT2D eigenvalue weighted by atomic mass is 35.5. The SMILES string of the molecule is CC(C)(N)CN1CCC(C)(CO)CC1.Cl. The molecule has 1 aliphatic rings. The first-order chi connectivity index (χ1) is 6.35. The van der Waals surface area contributed by atoms with E-state index in [1.165, 1.54) is 0 Å². The lowest BCUT2D eigenvalue weighted by molar-refractivity contribution is 0.0518. The summed E-state index contributed by atoms with van der Waals surface area (Å²) in [5, 5.41) is 9.23. The van der Waals surface area contributed by atoms with E-state index in [-0.39, 0.29) is 23.4 Å². The third-order valence-corrected chi connectivity index (χ3v) is 3.08. The highest BCUT2D eigenvalue weighted by Crippen LogP contribution is 2.30. The van der Waals surface area contributed by atoms with Crippen molar-refractivity contribution in [3.63, 3.8) is 0 Å². The minimum Gasteiger partial charge on any atom is -0.396 e. The maximum absolute atomic E-state index is 9.23. The van der Waals surface area contributed by atoms with E-state index in [2.05, 4.69) is 25.7 Å². The summed E-state index contributed by atoms with van der Waals surface area (Å²) in [7, 11) is 0. The van der Waals surface area contributed by atoms with Crippen molar-refractivity contribution >= 4 is 12.4 Å². The van der Waals surface area contributed by atoms with Crippen LogP contribution in [0.4, 0.5) is 0 Å². The molecule has 1 fully saturated rings. The van der Waals surface area contributed by atoms with Crippen LogP contribution in [0, 0.1) is 5.41 Å². The van der Waals surface area contributed by atoms with E-state index in [4.69, 9.17) is 5.73 Å². The average molecular weight is 237 g/mol. The van der Waals surface area contributed by atoms with Crippen molar-refractivity contribution < 1.29 is 5.11 Å². The molecule has 1 rings (SSSR count). The van der Waals surface area contributed by atoms with Crippen LogP contribution >= 0.6 is 12.4 Å². The van der Waals surface area contributed by atoms with Crippen LogP contribution in [0.2, 0.25) is 0 Å². The van der Waals surface area contributed by atoms with E-state index >= 15 is 0 Å². The molecule has 4 heteroatoms. The summed E-state index contributed by atoms with van der Waals surface area (Å²) < 4.78 is 0. The number of piperidine rings is 1. The lowest BCUT2D eigenvalue weighted by Gasteiger charge is -2.40. The second-order valence-electron chi connectivity index (χ2n) is 5.73. The van der Waals surface area contributed by atoms with Gasteiger partial charge in [0.1, 0.15) is 0 Å². The molecule has 0 unspecified atom stereocenters. The number of likely N-dealkylation sites (tertiary alicyclic amines) is 1. The van der Waals surface area contributed by atoms with Gasteiger partial charge in [-0.3, -0.25) is 0 Å². The third-order valence-electron chi connectivity index (χ3n) is 3.08. The Morgan fingerprint density at radius 3 is 2.13 bits per heavy atom. The van der Waals surface area contributed by atoms with Gasteiger partial charge in [0.25, 0.3) is 0 Å². The zero-order chi connectivity index (χ0) is 10.8. The first-order valence-corrected chi connectivity index (χ1v) is 5.47. The number of rotatable bonds is 3. The lowest BCUT2D eigenvalue weighted by atomic mass is 9.81. The molecular weight excluding hydrogens is 212 g/mol. The summed E-state index contributed by atoms with van der Waals surface area (Å²) >= 11 is 0. The molecule has 3 N–H and O–H groups in total. The number of halogens is 1. The second kappa shape index (κ2) is 5.48. The standard InChI is InChI=1S/C11H24N2O.ClH/c1-10(2,12)8-13-6-4-11(3,9-14)5-7-13;/h14H,4-9,12H2,1-3H3;1H. The minimum atomic E-state index is -0.104. The number of nitrogens with zero attached hydrogens (tertiary/aromatic N) is 1. The summed E-state index contributed by atoms with van der Waals surface area (Å²) in [5.41, 5.74) is 6.02. The van der Waals surface area contributed by atoms with Crippen molar-refractivity contribution in [2.75, 3.05) is 26.2 Å². The topological polar surface area (TPSA) is 49.5 Å². The maximum Gasteiger partial charge on any atom is 0.0485 e. The van der Waals surface area contributed by atoms with Gasteiger partial charge in [-0.2, -0.15) is 0 Å². The van der Waals surface area contributed by atoms with E-state index in [9.17, 15) is 5.11 Å². The van der Waals surface area contributed by atoms with Gasteiger partial charge in [0.15, 0.2) is 0 Å². The fourth-order valence-corrected chi connectivity index (χ4v) is 1.99. The zero-order valence-electron chi connectivity index (χ0n) is 10.1. The largest absolute Gasteiger partial charge is 0.396 e. The third kappa shape index (κ3) is 5.16. The molecule has 0 atom stereocenters. The van der Waals surface area contributed by atoms with E-state index in [0.717, 1.165) is 32.5 Å². The molecule has 92 valence electrons. The number of aliphatic hydroxyl groups excluding tert-OH is 1. The maximum atomic E-state index is 9.23. The van der Waals surface area contributed by atoms with Crippen molar-refractivity contribution in [3.05, 3.63) is 0 Å². The molecule has 0 spiro atoms. The molecule has 1 heterocycles. The van der Waals surface area contributed by atoms with E-state index in [1.807, 2.05) is 0 Å². The fraction of sp³-hybridized carbons (Fsp3) is 1.00. The van der Waals surface area contributed by atoms with Crippen molar-refractivity contribution in [3.8, 4) is 0 Å². The molecule has 0 aliphatic carbocycles. The van der Waals surface area contributed by atoms with Gasteiger partial charge in [-0.05, 0) is 45.2 Å². The van der Waals surface area contributed by atoms with Crippen LogP contribution in [0.3, 0.4) is 0 Å².